The summed E-state index contributed by atoms with van der Waals surface area (Å²) in [6.45, 7) is 4.44. The second-order valence-corrected chi connectivity index (χ2v) is 7.42. The van der Waals surface area contributed by atoms with Crippen molar-refractivity contribution in [1.82, 2.24) is 14.5 Å². The van der Waals surface area contributed by atoms with E-state index < -0.39 is 0 Å². The molecule has 1 aliphatic rings. The van der Waals surface area contributed by atoms with E-state index in [1.807, 2.05) is 36.1 Å². The van der Waals surface area contributed by atoms with Gasteiger partial charge < -0.3 is 4.90 Å². The molecule has 0 aliphatic carbocycles. The number of aromatic nitrogens is 2. The molecule has 1 aliphatic heterocycles. The van der Waals surface area contributed by atoms with E-state index in [4.69, 9.17) is 0 Å². The number of unbranched alkanes of at least 4 members (excludes halogenated alkanes) is 1. The summed E-state index contributed by atoms with van der Waals surface area (Å²) < 4.78 is 1.74. The first-order chi connectivity index (χ1) is 12.2. The molecule has 0 radical (unpaired) electrons. The second kappa shape index (κ2) is 8.52. The summed E-state index contributed by atoms with van der Waals surface area (Å²) >= 11 is 1.61. The Labute approximate surface area is 152 Å². The van der Waals surface area contributed by atoms with Crippen LogP contribution < -0.4 is 5.56 Å². The molecule has 1 aromatic carbocycles. The van der Waals surface area contributed by atoms with Gasteiger partial charge >= 0.3 is 0 Å². The Balaban J connectivity index is 1.56. The van der Waals surface area contributed by atoms with Crippen LogP contribution >= 0.6 is 11.8 Å². The molecule has 0 N–H and O–H groups in total. The van der Waals surface area contributed by atoms with Crippen LogP contribution in [-0.2, 0) is 11.3 Å². The maximum atomic E-state index is 12.6. The average molecular weight is 359 g/mol. The van der Waals surface area contributed by atoms with Crippen LogP contribution in [0.25, 0.3) is 10.9 Å². The van der Waals surface area contributed by atoms with Gasteiger partial charge in [0.2, 0.25) is 5.91 Å². The van der Waals surface area contributed by atoms with Gasteiger partial charge in [0.05, 0.1) is 10.9 Å². The lowest BCUT2D eigenvalue weighted by Crippen LogP contribution is -2.27. The van der Waals surface area contributed by atoms with Gasteiger partial charge in [-0.3, -0.25) is 14.2 Å². The molecule has 2 heterocycles. The molecule has 0 saturated carbocycles. The van der Waals surface area contributed by atoms with Crippen LogP contribution in [0.3, 0.4) is 0 Å². The molecular weight excluding hydrogens is 334 g/mol. The Kier molecular flexibility index (Phi) is 6.13. The zero-order valence-electron chi connectivity index (χ0n) is 14.7. The maximum absolute atomic E-state index is 12.6. The van der Waals surface area contributed by atoms with E-state index in [1.165, 1.54) is 0 Å². The van der Waals surface area contributed by atoms with Crippen molar-refractivity contribution in [3.63, 3.8) is 0 Å². The van der Waals surface area contributed by atoms with Crippen molar-refractivity contribution in [3.8, 4) is 0 Å². The summed E-state index contributed by atoms with van der Waals surface area (Å²) in [5.74, 6) is 1.16. The SMILES string of the molecule is CCn1c(SCCCCC(=O)N2CCCC2)nc2ccccc2c1=O. The number of carbonyl (C=O) groups is 1. The van der Waals surface area contributed by atoms with Crippen molar-refractivity contribution in [1.29, 1.82) is 0 Å². The summed E-state index contributed by atoms with van der Waals surface area (Å²) in [6, 6.07) is 7.49. The standard InChI is InChI=1S/C19H25N3O2S/c1-2-22-18(24)15-9-3-4-10-16(15)20-19(22)25-14-8-5-11-17(23)21-12-6-7-13-21/h3-4,9-10H,2,5-8,11-14H2,1H3. The molecule has 1 aromatic heterocycles. The maximum Gasteiger partial charge on any atom is 0.262 e. The molecule has 1 fully saturated rings. The summed E-state index contributed by atoms with van der Waals surface area (Å²) in [4.78, 5) is 31.2. The molecule has 0 atom stereocenters. The zero-order chi connectivity index (χ0) is 17.6. The van der Waals surface area contributed by atoms with Crippen LogP contribution in [0.2, 0.25) is 0 Å². The zero-order valence-corrected chi connectivity index (χ0v) is 15.6. The monoisotopic (exact) mass is 359 g/mol. The third-order valence-electron chi connectivity index (χ3n) is 4.62. The predicted octanol–water partition coefficient (Wildman–Crippen LogP) is 3.30. The van der Waals surface area contributed by atoms with Crippen molar-refractivity contribution in [2.45, 2.75) is 50.7 Å². The van der Waals surface area contributed by atoms with E-state index >= 15 is 0 Å². The van der Waals surface area contributed by atoms with E-state index in [-0.39, 0.29) is 11.5 Å². The lowest BCUT2D eigenvalue weighted by molar-refractivity contribution is -0.130. The van der Waals surface area contributed by atoms with Crippen molar-refractivity contribution in [2.75, 3.05) is 18.8 Å². The van der Waals surface area contributed by atoms with Crippen LogP contribution in [0, 0.1) is 0 Å². The van der Waals surface area contributed by atoms with Crippen molar-refractivity contribution in [2.24, 2.45) is 0 Å². The number of carbonyl (C=O) groups excluding carboxylic acids is 1. The van der Waals surface area contributed by atoms with Crippen LogP contribution in [0.5, 0.6) is 0 Å². The van der Waals surface area contributed by atoms with Gasteiger partial charge in [-0.1, -0.05) is 23.9 Å². The molecular formula is C19H25N3O2S. The minimum Gasteiger partial charge on any atom is -0.343 e. The van der Waals surface area contributed by atoms with E-state index in [1.54, 1.807) is 16.3 Å². The normalized spacial score (nSPS) is 14.4. The fourth-order valence-corrected chi connectivity index (χ4v) is 4.26. The highest BCUT2D eigenvalue weighted by Gasteiger charge is 2.17. The minimum atomic E-state index is 0.0276. The largest absolute Gasteiger partial charge is 0.343 e. The number of nitrogens with zero attached hydrogens (tertiary/aromatic N) is 3. The Hall–Kier alpha value is -1.82. The Bertz CT molecular complexity index is 797. The van der Waals surface area contributed by atoms with Gasteiger partial charge in [-0.15, -0.1) is 0 Å². The van der Waals surface area contributed by atoms with E-state index in [9.17, 15) is 9.59 Å². The van der Waals surface area contributed by atoms with Gasteiger partial charge in [-0.25, -0.2) is 4.98 Å². The molecule has 5 nitrogen and oxygen atoms in total. The first-order valence-electron chi connectivity index (χ1n) is 9.11. The average Bonchev–Trinajstić information content (AvgIpc) is 3.16. The summed E-state index contributed by atoms with van der Waals surface area (Å²) in [7, 11) is 0. The van der Waals surface area contributed by atoms with Gasteiger partial charge in [0.1, 0.15) is 0 Å². The fraction of sp³-hybridized carbons (Fsp3) is 0.526. The molecule has 25 heavy (non-hydrogen) atoms. The smallest absolute Gasteiger partial charge is 0.262 e. The highest BCUT2D eigenvalue weighted by molar-refractivity contribution is 7.99. The summed E-state index contributed by atoms with van der Waals surface area (Å²) in [5, 5.41) is 1.45. The number of para-hydroxylation sites is 1. The lowest BCUT2D eigenvalue weighted by Gasteiger charge is -2.15. The number of benzene rings is 1. The molecule has 0 bridgehead atoms. The summed E-state index contributed by atoms with van der Waals surface area (Å²) in [6.07, 6.45) is 4.77. The lowest BCUT2D eigenvalue weighted by atomic mass is 10.2. The van der Waals surface area contributed by atoms with E-state index in [0.717, 1.165) is 55.2 Å². The van der Waals surface area contributed by atoms with Crippen LogP contribution in [0.15, 0.2) is 34.2 Å². The third-order valence-corrected chi connectivity index (χ3v) is 5.68. The van der Waals surface area contributed by atoms with Crippen LogP contribution in [0.1, 0.15) is 39.0 Å². The molecule has 1 saturated heterocycles. The first-order valence-corrected chi connectivity index (χ1v) is 10.1. The van der Waals surface area contributed by atoms with Crippen LogP contribution in [-0.4, -0.2) is 39.2 Å². The number of likely N-dealkylation sites (tertiary alicyclic amines) is 1. The van der Waals surface area contributed by atoms with Gasteiger partial charge in [-0.05, 0) is 44.7 Å². The number of rotatable bonds is 7. The Morgan fingerprint density at radius 3 is 2.72 bits per heavy atom. The predicted molar refractivity (Wildman–Crippen MR) is 102 cm³/mol. The fourth-order valence-electron chi connectivity index (χ4n) is 3.20. The van der Waals surface area contributed by atoms with Crippen molar-refractivity contribution >= 4 is 28.6 Å². The van der Waals surface area contributed by atoms with Gasteiger partial charge in [0.15, 0.2) is 5.16 Å². The van der Waals surface area contributed by atoms with Gasteiger partial charge in [0.25, 0.3) is 5.56 Å². The topological polar surface area (TPSA) is 55.2 Å². The summed E-state index contributed by atoms with van der Waals surface area (Å²) in [5.41, 5.74) is 0.781. The molecule has 0 spiro atoms. The minimum absolute atomic E-state index is 0.0276. The molecule has 6 heteroatoms. The molecule has 2 aromatic rings. The van der Waals surface area contributed by atoms with Gasteiger partial charge in [0, 0.05) is 31.8 Å². The molecule has 1 amide bonds. The van der Waals surface area contributed by atoms with Crippen LogP contribution in [0.4, 0.5) is 0 Å². The number of fused-ring (bicyclic) bond motifs is 1. The van der Waals surface area contributed by atoms with E-state index in [0.29, 0.717) is 18.4 Å². The molecule has 134 valence electrons. The Morgan fingerprint density at radius 1 is 1.20 bits per heavy atom. The second-order valence-electron chi connectivity index (χ2n) is 6.35. The van der Waals surface area contributed by atoms with Gasteiger partial charge in [-0.2, -0.15) is 0 Å². The highest BCUT2D eigenvalue weighted by Crippen LogP contribution is 2.20. The van der Waals surface area contributed by atoms with E-state index in [2.05, 4.69) is 4.98 Å². The van der Waals surface area contributed by atoms with Crippen molar-refractivity contribution in [3.05, 3.63) is 34.6 Å². The molecule has 0 unspecified atom stereocenters. The quantitative estimate of drug-likeness (QED) is 0.432. The number of hydrogen-bond acceptors (Lipinski definition) is 4. The number of hydrogen-bond donors (Lipinski definition) is 0. The third kappa shape index (κ3) is 4.24. The first kappa shape index (κ1) is 18.0. The highest BCUT2D eigenvalue weighted by atomic mass is 32.2. The molecule has 3 rings (SSSR count). The van der Waals surface area contributed by atoms with Crippen molar-refractivity contribution < 1.29 is 4.79 Å². The number of amides is 1. The number of thioether (sulfide) groups is 1. The Morgan fingerprint density at radius 2 is 1.96 bits per heavy atom.